The number of carbonyl (C=O) groups is 1. The summed E-state index contributed by atoms with van der Waals surface area (Å²) in [5.41, 5.74) is -0.453. The van der Waals surface area contributed by atoms with Crippen LogP contribution in [0, 0.1) is 6.92 Å². The van der Waals surface area contributed by atoms with E-state index in [-0.39, 0.29) is 6.09 Å². The topological polar surface area (TPSA) is 76.4 Å². The Bertz CT molecular complexity index is 396. The maximum atomic E-state index is 11.3. The number of carbonyl (C=O) groups excluding carboxylic acids is 1. The average Bonchev–Trinajstić information content (AvgIpc) is 2.67. The maximum Gasteiger partial charge on any atom is 0.407 e. The van der Waals surface area contributed by atoms with Crippen LogP contribution in [-0.4, -0.2) is 29.8 Å². The lowest BCUT2D eigenvalue weighted by Gasteiger charge is -2.19. The Kier molecular flexibility index (Phi) is 5.82. The second-order valence-corrected chi connectivity index (χ2v) is 5.32. The highest BCUT2D eigenvalue weighted by molar-refractivity contribution is 5.67. The van der Waals surface area contributed by atoms with E-state index in [1.807, 2.05) is 27.7 Å². The zero-order chi connectivity index (χ0) is 14.3. The smallest absolute Gasteiger partial charge is 0.407 e. The van der Waals surface area contributed by atoms with Gasteiger partial charge in [0.25, 0.3) is 0 Å². The Morgan fingerprint density at radius 3 is 2.74 bits per heavy atom. The number of oxazole rings is 1. The van der Waals surface area contributed by atoms with Crippen molar-refractivity contribution in [2.24, 2.45) is 0 Å². The Morgan fingerprint density at radius 1 is 1.42 bits per heavy atom. The Hall–Kier alpha value is -1.56. The Morgan fingerprint density at radius 2 is 2.16 bits per heavy atom. The number of amides is 1. The molecule has 0 fully saturated rings. The number of aromatic nitrogens is 1. The molecule has 0 aliphatic rings. The summed E-state index contributed by atoms with van der Waals surface area (Å²) in [7, 11) is 0. The highest BCUT2D eigenvalue weighted by atomic mass is 16.6. The van der Waals surface area contributed by atoms with Gasteiger partial charge in [-0.15, -0.1) is 0 Å². The van der Waals surface area contributed by atoms with Gasteiger partial charge in [-0.1, -0.05) is 0 Å². The summed E-state index contributed by atoms with van der Waals surface area (Å²) in [4.78, 5) is 15.4. The van der Waals surface area contributed by atoms with Crippen LogP contribution in [-0.2, 0) is 11.3 Å². The molecule has 6 heteroatoms. The van der Waals surface area contributed by atoms with Crippen LogP contribution >= 0.6 is 0 Å². The van der Waals surface area contributed by atoms with Gasteiger partial charge >= 0.3 is 6.09 Å². The zero-order valence-corrected chi connectivity index (χ0v) is 12.1. The van der Waals surface area contributed by atoms with E-state index in [4.69, 9.17) is 9.15 Å². The summed E-state index contributed by atoms with van der Waals surface area (Å²) in [6.07, 6.45) is 2.14. The van der Waals surface area contributed by atoms with Crippen LogP contribution in [0.2, 0.25) is 0 Å². The van der Waals surface area contributed by atoms with Crippen molar-refractivity contribution in [3.8, 4) is 0 Å². The minimum Gasteiger partial charge on any atom is -0.445 e. The molecule has 0 saturated heterocycles. The quantitative estimate of drug-likeness (QED) is 0.772. The van der Waals surface area contributed by atoms with Gasteiger partial charge in [0, 0.05) is 6.54 Å². The van der Waals surface area contributed by atoms with Crippen LogP contribution in [0.3, 0.4) is 0 Å². The lowest BCUT2D eigenvalue weighted by atomic mass is 10.2. The first-order valence-electron chi connectivity index (χ1n) is 6.46. The molecule has 108 valence electrons. The number of alkyl carbamates (subject to hydrolysis) is 1. The Balaban J connectivity index is 2.01. The van der Waals surface area contributed by atoms with E-state index in [1.54, 1.807) is 6.20 Å². The van der Waals surface area contributed by atoms with Gasteiger partial charge in [-0.05, 0) is 40.7 Å². The van der Waals surface area contributed by atoms with Crippen LogP contribution < -0.4 is 10.6 Å². The fourth-order valence-electron chi connectivity index (χ4n) is 1.40. The largest absolute Gasteiger partial charge is 0.445 e. The molecular weight excluding hydrogens is 246 g/mol. The second kappa shape index (κ2) is 7.13. The number of aryl methyl sites for hydroxylation is 1. The second-order valence-electron chi connectivity index (χ2n) is 5.32. The van der Waals surface area contributed by atoms with E-state index < -0.39 is 5.60 Å². The first-order valence-corrected chi connectivity index (χ1v) is 6.46. The molecule has 1 heterocycles. The molecule has 0 saturated carbocycles. The zero-order valence-electron chi connectivity index (χ0n) is 12.1. The normalized spacial score (nSPS) is 11.4. The molecule has 2 N–H and O–H groups in total. The van der Waals surface area contributed by atoms with Crippen molar-refractivity contribution in [2.75, 3.05) is 13.1 Å². The van der Waals surface area contributed by atoms with Gasteiger partial charge in [-0.2, -0.15) is 0 Å². The van der Waals surface area contributed by atoms with E-state index in [1.165, 1.54) is 0 Å². The SMILES string of the molecule is Cc1cnc(CNCCCNC(=O)OC(C)(C)C)o1. The number of ether oxygens (including phenoxy) is 1. The van der Waals surface area contributed by atoms with Crippen LogP contribution in [0.25, 0.3) is 0 Å². The summed E-state index contributed by atoms with van der Waals surface area (Å²) in [6, 6.07) is 0. The van der Waals surface area contributed by atoms with E-state index in [0.29, 0.717) is 19.0 Å². The molecule has 0 radical (unpaired) electrons. The molecule has 1 amide bonds. The van der Waals surface area contributed by atoms with E-state index in [0.717, 1.165) is 18.7 Å². The van der Waals surface area contributed by atoms with Crippen LogP contribution in [0.5, 0.6) is 0 Å². The molecule has 0 aromatic carbocycles. The highest BCUT2D eigenvalue weighted by Crippen LogP contribution is 2.06. The minimum absolute atomic E-state index is 0.379. The third-order valence-corrected chi connectivity index (χ3v) is 2.14. The molecule has 0 aliphatic carbocycles. The summed E-state index contributed by atoms with van der Waals surface area (Å²) < 4.78 is 10.4. The molecule has 19 heavy (non-hydrogen) atoms. The third-order valence-electron chi connectivity index (χ3n) is 2.14. The molecular formula is C13H23N3O3. The van der Waals surface area contributed by atoms with Gasteiger partial charge in [-0.3, -0.25) is 0 Å². The molecule has 1 rings (SSSR count). The summed E-state index contributed by atoms with van der Waals surface area (Å²) in [5, 5.41) is 5.89. The fraction of sp³-hybridized carbons (Fsp3) is 0.692. The number of hydrogen-bond acceptors (Lipinski definition) is 5. The standard InChI is InChI=1S/C13H23N3O3/c1-10-8-16-11(18-10)9-14-6-5-7-15-12(17)19-13(2,3)4/h8,14H,5-7,9H2,1-4H3,(H,15,17). The highest BCUT2D eigenvalue weighted by Gasteiger charge is 2.15. The number of rotatable bonds is 6. The molecule has 0 spiro atoms. The first-order chi connectivity index (χ1) is 8.87. The minimum atomic E-state index is -0.453. The maximum absolute atomic E-state index is 11.3. The van der Waals surface area contributed by atoms with Crippen molar-refractivity contribution in [2.45, 2.75) is 46.3 Å². The van der Waals surface area contributed by atoms with Gasteiger partial charge in [0.1, 0.15) is 11.4 Å². The Labute approximate surface area is 113 Å². The molecule has 0 unspecified atom stereocenters. The third kappa shape index (κ3) is 7.46. The van der Waals surface area contributed by atoms with Crippen molar-refractivity contribution in [1.29, 1.82) is 0 Å². The van der Waals surface area contributed by atoms with Crippen LogP contribution in [0.1, 0.15) is 38.8 Å². The molecule has 1 aromatic rings. The predicted octanol–water partition coefficient (Wildman–Crippen LogP) is 1.99. The molecule has 6 nitrogen and oxygen atoms in total. The summed E-state index contributed by atoms with van der Waals surface area (Å²) in [5.74, 6) is 1.49. The van der Waals surface area contributed by atoms with Crippen molar-refractivity contribution in [3.63, 3.8) is 0 Å². The van der Waals surface area contributed by atoms with E-state index in [9.17, 15) is 4.79 Å². The van der Waals surface area contributed by atoms with Crippen LogP contribution in [0.15, 0.2) is 10.6 Å². The van der Waals surface area contributed by atoms with Crippen molar-refractivity contribution in [3.05, 3.63) is 17.8 Å². The van der Waals surface area contributed by atoms with Gasteiger partial charge in [-0.25, -0.2) is 9.78 Å². The first kappa shape index (κ1) is 15.5. The van der Waals surface area contributed by atoms with Gasteiger partial charge in [0.2, 0.25) is 5.89 Å². The molecule has 0 atom stereocenters. The number of hydrogen-bond donors (Lipinski definition) is 2. The lowest BCUT2D eigenvalue weighted by molar-refractivity contribution is 0.0527. The van der Waals surface area contributed by atoms with Gasteiger partial charge in [0.15, 0.2) is 0 Å². The number of nitrogens with one attached hydrogen (secondary N) is 2. The fourth-order valence-corrected chi connectivity index (χ4v) is 1.40. The predicted molar refractivity (Wildman–Crippen MR) is 71.8 cm³/mol. The molecule has 1 aromatic heterocycles. The van der Waals surface area contributed by atoms with E-state index >= 15 is 0 Å². The van der Waals surface area contributed by atoms with Crippen molar-refractivity contribution >= 4 is 6.09 Å². The molecule has 0 bridgehead atoms. The summed E-state index contributed by atoms with van der Waals surface area (Å²) in [6.45, 7) is 9.33. The van der Waals surface area contributed by atoms with Gasteiger partial charge < -0.3 is 19.8 Å². The van der Waals surface area contributed by atoms with Crippen LogP contribution in [0.4, 0.5) is 4.79 Å². The van der Waals surface area contributed by atoms with Gasteiger partial charge in [0.05, 0.1) is 12.7 Å². The van der Waals surface area contributed by atoms with E-state index in [2.05, 4.69) is 15.6 Å². The number of nitrogens with zero attached hydrogens (tertiary/aromatic N) is 1. The monoisotopic (exact) mass is 269 g/mol. The van der Waals surface area contributed by atoms with Crippen molar-refractivity contribution in [1.82, 2.24) is 15.6 Å². The lowest BCUT2D eigenvalue weighted by Crippen LogP contribution is -2.33. The summed E-state index contributed by atoms with van der Waals surface area (Å²) >= 11 is 0. The van der Waals surface area contributed by atoms with Crippen molar-refractivity contribution < 1.29 is 13.9 Å². The molecule has 0 aliphatic heterocycles. The average molecular weight is 269 g/mol.